The summed E-state index contributed by atoms with van der Waals surface area (Å²) in [7, 11) is 0. The van der Waals surface area contributed by atoms with Gasteiger partial charge in [-0.2, -0.15) is 0 Å². The highest BCUT2D eigenvalue weighted by molar-refractivity contribution is 7.25. The fourth-order valence-electron chi connectivity index (χ4n) is 10.6. The third kappa shape index (κ3) is 5.70. The predicted molar refractivity (Wildman–Crippen MR) is 281 cm³/mol. The topological polar surface area (TPSA) is 41.7 Å². The van der Waals surface area contributed by atoms with Crippen molar-refractivity contribution in [3.63, 3.8) is 0 Å². The highest BCUT2D eigenvalue weighted by atomic mass is 32.1. The van der Waals surface area contributed by atoms with E-state index in [2.05, 4.69) is 228 Å². The van der Waals surface area contributed by atoms with Crippen molar-refractivity contribution in [1.29, 1.82) is 0 Å². The lowest BCUT2D eigenvalue weighted by molar-refractivity contribution is 0.674. The molecule has 308 valence electrons. The molecule has 1 aliphatic heterocycles. The van der Waals surface area contributed by atoms with Crippen LogP contribution in [0.2, 0.25) is 0 Å². The maximum absolute atomic E-state index is 5.46. The van der Waals surface area contributed by atoms with Crippen molar-refractivity contribution in [3.8, 4) is 16.8 Å². The predicted octanol–water partition coefficient (Wildman–Crippen LogP) is 15.9. The summed E-state index contributed by atoms with van der Waals surface area (Å²) >= 11 is 1.85. The van der Waals surface area contributed by atoms with Crippen LogP contribution in [-0.4, -0.2) is 16.2 Å². The molecule has 0 saturated carbocycles. The van der Waals surface area contributed by atoms with Gasteiger partial charge < -0.3 is 9.88 Å². The Balaban J connectivity index is 1.02. The van der Waals surface area contributed by atoms with Gasteiger partial charge in [-0.15, -0.1) is 11.3 Å². The van der Waals surface area contributed by atoms with Gasteiger partial charge in [0.2, 0.25) is 0 Å². The summed E-state index contributed by atoms with van der Waals surface area (Å²) in [6, 6.07) is 79.4. The van der Waals surface area contributed by atoms with Crippen LogP contribution in [0.25, 0.3) is 102 Å². The number of benzene rings is 11. The lowest BCUT2D eigenvalue weighted by Gasteiger charge is -2.24. The number of aromatic nitrogens is 1. The van der Waals surface area contributed by atoms with Gasteiger partial charge >= 0.3 is 0 Å². The number of hydrogen-bond donors (Lipinski definition) is 1. The average Bonchev–Trinajstić information content (AvgIpc) is 3.93. The highest BCUT2D eigenvalue weighted by Gasteiger charge is 2.25. The third-order valence-corrected chi connectivity index (χ3v) is 14.7. The molecule has 1 aliphatic rings. The summed E-state index contributed by atoms with van der Waals surface area (Å²) in [5, 5.41) is 18.6. The number of rotatable bonds is 5. The van der Waals surface area contributed by atoms with Crippen LogP contribution in [0.5, 0.6) is 0 Å². The van der Waals surface area contributed by atoms with E-state index in [0.717, 1.165) is 33.8 Å². The van der Waals surface area contributed by atoms with E-state index in [1.54, 1.807) is 0 Å². The molecule has 0 saturated heterocycles. The number of nitrogens with one attached hydrogen (secondary N) is 1. The van der Waals surface area contributed by atoms with Gasteiger partial charge in [0.1, 0.15) is 12.0 Å². The Hall–Kier alpha value is -8.38. The van der Waals surface area contributed by atoms with Crippen molar-refractivity contribution >= 4 is 108 Å². The number of para-hydroxylation sites is 1. The van der Waals surface area contributed by atoms with Gasteiger partial charge in [-0.1, -0.05) is 164 Å². The highest BCUT2D eigenvalue weighted by Crippen LogP contribution is 2.44. The first kappa shape index (κ1) is 37.0. The Kier molecular flexibility index (Phi) is 8.18. The number of aliphatic imine (C=N–C) groups is 2. The lowest BCUT2D eigenvalue weighted by atomic mass is 9.93. The summed E-state index contributed by atoms with van der Waals surface area (Å²) in [4.78, 5) is 10.9. The molecule has 13 aromatic rings. The van der Waals surface area contributed by atoms with Gasteiger partial charge in [-0.25, -0.2) is 9.98 Å². The van der Waals surface area contributed by atoms with Crippen LogP contribution in [0.15, 0.2) is 228 Å². The number of hydrogen-bond acceptors (Lipinski definition) is 4. The van der Waals surface area contributed by atoms with E-state index < -0.39 is 0 Å². The van der Waals surface area contributed by atoms with Crippen molar-refractivity contribution < 1.29 is 0 Å². The summed E-state index contributed by atoms with van der Waals surface area (Å²) in [5.74, 6) is 1.48. The van der Waals surface area contributed by atoms with Crippen LogP contribution in [-0.2, 0) is 0 Å². The molecule has 1 unspecified atom stereocenters. The number of nitrogens with zero attached hydrogens (tertiary/aromatic N) is 3. The Morgan fingerprint density at radius 2 is 1.03 bits per heavy atom. The minimum atomic E-state index is -0.351. The third-order valence-electron chi connectivity index (χ3n) is 13.6. The molecule has 11 aromatic carbocycles. The monoisotopic (exact) mass is 858 g/mol. The Bertz CT molecular complexity index is 4180. The van der Waals surface area contributed by atoms with E-state index in [1.807, 2.05) is 11.3 Å². The molecule has 14 rings (SSSR count). The molecule has 66 heavy (non-hydrogen) atoms. The van der Waals surface area contributed by atoms with E-state index >= 15 is 0 Å². The molecule has 0 aliphatic carbocycles. The summed E-state index contributed by atoms with van der Waals surface area (Å²) in [6.45, 7) is 0. The zero-order valence-electron chi connectivity index (χ0n) is 35.6. The molecule has 3 heterocycles. The molecular formula is C61H38N4S. The van der Waals surface area contributed by atoms with Gasteiger partial charge in [0.05, 0.1) is 16.7 Å². The minimum absolute atomic E-state index is 0.351. The Morgan fingerprint density at radius 1 is 0.409 bits per heavy atom. The molecule has 4 nitrogen and oxygen atoms in total. The van der Waals surface area contributed by atoms with E-state index in [4.69, 9.17) is 9.98 Å². The Morgan fingerprint density at radius 3 is 1.82 bits per heavy atom. The van der Waals surface area contributed by atoms with E-state index in [0.29, 0.717) is 5.84 Å². The molecule has 0 bridgehead atoms. The quantitative estimate of drug-likeness (QED) is 0.172. The molecule has 0 fully saturated rings. The van der Waals surface area contributed by atoms with Crippen LogP contribution in [0.4, 0.5) is 0 Å². The normalized spacial score (nSPS) is 14.2. The fraction of sp³-hybridized carbons (Fsp3) is 0.0164. The zero-order valence-corrected chi connectivity index (χ0v) is 36.4. The summed E-state index contributed by atoms with van der Waals surface area (Å²) in [6.07, 6.45) is -0.351. The first-order chi connectivity index (χ1) is 32.7. The molecule has 1 N–H and O–H groups in total. The van der Waals surface area contributed by atoms with E-state index in [-0.39, 0.29) is 6.17 Å². The largest absolute Gasteiger partial charge is 0.344 e. The van der Waals surface area contributed by atoms with Crippen molar-refractivity contribution in [3.05, 3.63) is 235 Å². The second-order valence-corrected chi connectivity index (χ2v) is 18.4. The van der Waals surface area contributed by atoms with Crippen LogP contribution >= 0.6 is 11.3 Å². The first-order valence-corrected chi connectivity index (χ1v) is 23.3. The van der Waals surface area contributed by atoms with Crippen LogP contribution in [0.3, 0.4) is 0 Å². The fourth-order valence-corrected chi connectivity index (χ4v) is 11.7. The van der Waals surface area contributed by atoms with Crippen molar-refractivity contribution in [2.75, 3.05) is 0 Å². The van der Waals surface area contributed by atoms with E-state index in [9.17, 15) is 0 Å². The van der Waals surface area contributed by atoms with Gasteiger partial charge in [-0.3, -0.25) is 0 Å². The summed E-state index contributed by atoms with van der Waals surface area (Å²) < 4.78 is 5.01. The number of thiophene rings is 1. The maximum Gasteiger partial charge on any atom is 0.159 e. The van der Waals surface area contributed by atoms with Gasteiger partial charge in [-0.05, 0) is 109 Å². The zero-order chi connectivity index (χ0) is 43.3. The molecule has 5 heteroatoms. The van der Waals surface area contributed by atoms with Crippen molar-refractivity contribution in [2.45, 2.75) is 6.17 Å². The molecule has 0 radical (unpaired) electrons. The standard InChI is InChI=1S/C61H38N4S/c1-2-15-37(16-3-1)59-62-60(40-29-31-46-44-21-7-6-19-42(44)43-20-8-9-22-45(43)50(46)34-40)64-61(63-59)41-30-32-54(52(35-41)48-25-14-28-57-58(48)49-24-11-13-27-56(49)66-57)65-53-26-12-10-23-47(53)51-33-38-17-4-5-18-39(38)36-55(51)65/h1-36,59H,(H,62,63,64). The smallest absolute Gasteiger partial charge is 0.159 e. The second-order valence-electron chi connectivity index (χ2n) is 17.3. The molecule has 0 spiro atoms. The summed E-state index contributed by atoms with van der Waals surface area (Å²) in [5.41, 5.74) is 8.79. The van der Waals surface area contributed by atoms with Crippen LogP contribution in [0, 0.1) is 0 Å². The van der Waals surface area contributed by atoms with Gasteiger partial charge in [0.25, 0.3) is 0 Å². The molecule has 2 aromatic heterocycles. The first-order valence-electron chi connectivity index (χ1n) is 22.5. The average molecular weight is 859 g/mol. The number of amidine groups is 2. The van der Waals surface area contributed by atoms with Crippen LogP contribution in [0.1, 0.15) is 22.9 Å². The van der Waals surface area contributed by atoms with Gasteiger partial charge in [0, 0.05) is 47.6 Å². The maximum atomic E-state index is 5.46. The molecular weight excluding hydrogens is 821 g/mol. The molecule has 0 amide bonds. The van der Waals surface area contributed by atoms with Crippen LogP contribution < -0.4 is 5.32 Å². The van der Waals surface area contributed by atoms with Crippen molar-refractivity contribution in [1.82, 2.24) is 9.88 Å². The van der Waals surface area contributed by atoms with E-state index in [1.165, 1.54) is 90.6 Å². The molecule has 1 atom stereocenters. The van der Waals surface area contributed by atoms with Crippen molar-refractivity contribution in [2.24, 2.45) is 9.98 Å². The Labute approximate surface area is 384 Å². The lowest BCUT2D eigenvalue weighted by Crippen LogP contribution is -2.33. The second kappa shape index (κ2) is 14.6. The van der Waals surface area contributed by atoms with Gasteiger partial charge in [0.15, 0.2) is 5.84 Å². The number of fused-ring (bicyclic) bond motifs is 13. The SMILES string of the molecule is c1ccc(C2N=C(c3ccc(-n4c5ccccc5c5cc6ccccc6cc54)c(-c4cccc5sc6ccccc6c45)c3)N=C(c3ccc4c5ccccc5c5ccccc5c4c3)N2)cc1. The minimum Gasteiger partial charge on any atom is -0.344 e.